The molecule has 2 aromatic carbocycles. The molecule has 0 saturated carbocycles. The van der Waals surface area contributed by atoms with Gasteiger partial charge in [0.1, 0.15) is 0 Å². The number of hydrogen-bond acceptors (Lipinski definition) is 2. The van der Waals surface area contributed by atoms with Gasteiger partial charge in [0, 0.05) is 12.3 Å². The third-order valence-corrected chi connectivity index (χ3v) is 4.77. The standard InChI is InChI=1S/C19H13Cl3N2O2/c20-14-7-5-12(9-16(14)22)10-24-11-13(6-8-18(24)25)19(26)23-17-4-2-1-3-15(17)21/h1-9,11H,10H2,(H,23,26). The number of carbonyl (C=O) groups excluding carboxylic acids is 1. The monoisotopic (exact) mass is 406 g/mol. The molecule has 1 amide bonds. The van der Waals surface area contributed by atoms with Crippen LogP contribution >= 0.6 is 34.8 Å². The van der Waals surface area contributed by atoms with Gasteiger partial charge in [-0.2, -0.15) is 0 Å². The van der Waals surface area contributed by atoms with Crippen LogP contribution in [-0.4, -0.2) is 10.5 Å². The van der Waals surface area contributed by atoms with Crippen LogP contribution in [0.15, 0.2) is 65.6 Å². The zero-order valence-corrected chi connectivity index (χ0v) is 15.6. The van der Waals surface area contributed by atoms with Crippen molar-refractivity contribution >= 4 is 46.4 Å². The van der Waals surface area contributed by atoms with Crippen molar-refractivity contribution in [3.63, 3.8) is 0 Å². The molecule has 132 valence electrons. The molecule has 1 heterocycles. The maximum atomic E-state index is 12.5. The predicted molar refractivity (Wildman–Crippen MR) is 106 cm³/mol. The number of hydrogen-bond donors (Lipinski definition) is 1. The van der Waals surface area contributed by atoms with Gasteiger partial charge in [0.2, 0.25) is 0 Å². The van der Waals surface area contributed by atoms with E-state index >= 15 is 0 Å². The quantitative estimate of drug-likeness (QED) is 0.653. The molecule has 0 spiro atoms. The molecule has 7 heteroatoms. The number of aromatic nitrogens is 1. The lowest BCUT2D eigenvalue weighted by Gasteiger charge is -2.10. The van der Waals surface area contributed by atoms with Crippen LogP contribution < -0.4 is 10.9 Å². The van der Waals surface area contributed by atoms with Crippen molar-refractivity contribution < 1.29 is 4.79 Å². The molecule has 0 aliphatic rings. The van der Waals surface area contributed by atoms with E-state index in [1.54, 1.807) is 42.5 Å². The van der Waals surface area contributed by atoms with Crippen molar-refractivity contribution in [2.45, 2.75) is 6.54 Å². The maximum absolute atomic E-state index is 12.5. The number of nitrogens with one attached hydrogen (secondary N) is 1. The Labute approximate surface area is 164 Å². The van der Waals surface area contributed by atoms with Crippen LogP contribution in [0, 0.1) is 0 Å². The van der Waals surface area contributed by atoms with Gasteiger partial charge < -0.3 is 9.88 Å². The summed E-state index contributed by atoms with van der Waals surface area (Å²) in [5.41, 5.74) is 1.40. The van der Waals surface area contributed by atoms with E-state index in [0.29, 0.717) is 26.3 Å². The Kier molecular flexibility index (Phi) is 5.67. The summed E-state index contributed by atoms with van der Waals surface area (Å²) in [4.78, 5) is 24.6. The third-order valence-electron chi connectivity index (χ3n) is 3.70. The fourth-order valence-corrected chi connectivity index (χ4v) is 2.88. The predicted octanol–water partition coefficient (Wildman–Crippen LogP) is 5.11. The van der Waals surface area contributed by atoms with Gasteiger partial charge in [0.15, 0.2) is 0 Å². The van der Waals surface area contributed by atoms with E-state index in [-0.39, 0.29) is 18.0 Å². The van der Waals surface area contributed by atoms with E-state index < -0.39 is 0 Å². The minimum Gasteiger partial charge on any atom is -0.321 e. The molecular formula is C19H13Cl3N2O2. The zero-order chi connectivity index (χ0) is 18.7. The number of pyridine rings is 1. The maximum Gasteiger partial charge on any atom is 0.257 e. The largest absolute Gasteiger partial charge is 0.321 e. The summed E-state index contributed by atoms with van der Waals surface area (Å²) in [6.07, 6.45) is 1.50. The highest BCUT2D eigenvalue weighted by atomic mass is 35.5. The summed E-state index contributed by atoms with van der Waals surface area (Å²) in [5, 5.41) is 4.01. The first kappa shape index (κ1) is 18.5. The summed E-state index contributed by atoms with van der Waals surface area (Å²) in [6, 6.07) is 14.9. The van der Waals surface area contributed by atoms with Crippen molar-refractivity contribution in [1.82, 2.24) is 4.57 Å². The lowest BCUT2D eigenvalue weighted by molar-refractivity contribution is 0.102. The van der Waals surface area contributed by atoms with Crippen LogP contribution in [0.4, 0.5) is 5.69 Å². The second-order valence-corrected chi connectivity index (χ2v) is 6.79. The fraction of sp³-hybridized carbons (Fsp3) is 0.0526. The third kappa shape index (κ3) is 4.28. The minimum atomic E-state index is -0.360. The molecule has 0 bridgehead atoms. The van der Waals surface area contributed by atoms with Gasteiger partial charge in [-0.25, -0.2) is 0 Å². The van der Waals surface area contributed by atoms with Gasteiger partial charge in [-0.05, 0) is 35.9 Å². The highest BCUT2D eigenvalue weighted by molar-refractivity contribution is 6.42. The molecule has 0 atom stereocenters. The summed E-state index contributed by atoms with van der Waals surface area (Å²) >= 11 is 18.0. The van der Waals surface area contributed by atoms with E-state index in [1.807, 2.05) is 0 Å². The van der Waals surface area contributed by atoms with E-state index in [9.17, 15) is 9.59 Å². The molecule has 0 aliphatic carbocycles. The molecule has 26 heavy (non-hydrogen) atoms. The number of rotatable bonds is 4. The second kappa shape index (κ2) is 7.96. The van der Waals surface area contributed by atoms with Crippen LogP contribution in [0.1, 0.15) is 15.9 Å². The van der Waals surface area contributed by atoms with Crippen LogP contribution in [0.3, 0.4) is 0 Å². The normalized spacial score (nSPS) is 10.6. The summed E-state index contributed by atoms with van der Waals surface area (Å²) in [6.45, 7) is 0.267. The Bertz CT molecular complexity index is 1030. The van der Waals surface area contributed by atoms with Crippen LogP contribution in [0.25, 0.3) is 0 Å². The smallest absolute Gasteiger partial charge is 0.257 e. The number of benzene rings is 2. The molecule has 0 saturated heterocycles. The van der Waals surface area contributed by atoms with Gasteiger partial charge in [-0.3, -0.25) is 9.59 Å². The molecule has 0 unspecified atom stereocenters. The Morgan fingerprint density at radius 2 is 1.69 bits per heavy atom. The van der Waals surface area contributed by atoms with Gasteiger partial charge in [0.25, 0.3) is 11.5 Å². The first-order valence-corrected chi connectivity index (χ1v) is 8.78. The number of nitrogens with zero attached hydrogens (tertiary/aromatic N) is 1. The van der Waals surface area contributed by atoms with E-state index in [2.05, 4.69) is 5.32 Å². The van der Waals surface area contributed by atoms with Crippen LogP contribution in [-0.2, 0) is 6.54 Å². The Morgan fingerprint density at radius 1 is 0.923 bits per heavy atom. The van der Waals surface area contributed by atoms with E-state index in [1.165, 1.54) is 22.9 Å². The Balaban J connectivity index is 1.85. The average Bonchev–Trinajstić information content (AvgIpc) is 2.62. The van der Waals surface area contributed by atoms with Gasteiger partial charge in [-0.1, -0.05) is 53.0 Å². The summed E-state index contributed by atoms with van der Waals surface area (Å²) in [5.74, 6) is -0.360. The summed E-state index contributed by atoms with van der Waals surface area (Å²) < 4.78 is 1.43. The van der Waals surface area contributed by atoms with E-state index in [4.69, 9.17) is 34.8 Å². The van der Waals surface area contributed by atoms with Crippen LogP contribution in [0.5, 0.6) is 0 Å². The molecule has 1 N–H and O–H groups in total. The molecule has 3 rings (SSSR count). The molecule has 0 aliphatic heterocycles. The topological polar surface area (TPSA) is 51.1 Å². The van der Waals surface area contributed by atoms with Crippen molar-refractivity contribution in [3.05, 3.63) is 97.3 Å². The lowest BCUT2D eigenvalue weighted by atomic mass is 10.2. The number of para-hydroxylation sites is 1. The second-order valence-electron chi connectivity index (χ2n) is 5.57. The number of anilines is 1. The summed E-state index contributed by atoms with van der Waals surface area (Å²) in [7, 11) is 0. The number of amides is 1. The average molecular weight is 408 g/mol. The van der Waals surface area contributed by atoms with Crippen molar-refractivity contribution in [3.8, 4) is 0 Å². The molecule has 0 radical (unpaired) electrons. The van der Waals surface area contributed by atoms with Gasteiger partial charge >= 0.3 is 0 Å². The van der Waals surface area contributed by atoms with Gasteiger partial charge in [0.05, 0.1) is 32.9 Å². The molecule has 1 aromatic heterocycles. The minimum absolute atomic E-state index is 0.231. The fourth-order valence-electron chi connectivity index (χ4n) is 2.38. The van der Waals surface area contributed by atoms with Crippen molar-refractivity contribution in [2.24, 2.45) is 0 Å². The Hall–Kier alpha value is -2.27. The Morgan fingerprint density at radius 3 is 2.42 bits per heavy atom. The van der Waals surface area contributed by atoms with Gasteiger partial charge in [-0.15, -0.1) is 0 Å². The zero-order valence-electron chi connectivity index (χ0n) is 13.4. The SMILES string of the molecule is O=C(Nc1ccccc1Cl)c1ccc(=O)n(Cc2ccc(Cl)c(Cl)c2)c1. The lowest BCUT2D eigenvalue weighted by Crippen LogP contribution is -2.22. The van der Waals surface area contributed by atoms with Crippen molar-refractivity contribution in [1.29, 1.82) is 0 Å². The first-order valence-electron chi connectivity index (χ1n) is 7.64. The molecule has 4 nitrogen and oxygen atoms in total. The molecule has 0 fully saturated rings. The van der Waals surface area contributed by atoms with E-state index in [0.717, 1.165) is 5.56 Å². The molecular weight excluding hydrogens is 395 g/mol. The highest BCUT2D eigenvalue weighted by Crippen LogP contribution is 2.23. The number of carbonyl (C=O) groups is 1. The van der Waals surface area contributed by atoms with Crippen LogP contribution in [0.2, 0.25) is 15.1 Å². The highest BCUT2D eigenvalue weighted by Gasteiger charge is 2.10. The molecule has 3 aromatic rings. The first-order chi connectivity index (χ1) is 12.4. The number of halogens is 3. The van der Waals surface area contributed by atoms with Crippen molar-refractivity contribution in [2.75, 3.05) is 5.32 Å².